The molecule has 1 aliphatic heterocycles. The van der Waals surface area contributed by atoms with Crippen molar-refractivity contribution in [2.75, 3.05) is 19.7 Å². The number of halogens is 2. The molecule has 1 unspecified atom stereocenters. The lowest BCUT2D eigenvalue weighted by atomic mass is 10.1. The summed E-state index contributed by atoms with van der Waals surface area (Å²) in [5, 5.41) is 4.02. The number of rotatable bonds is 3. The van der Waals surface area contributed by atoms with Crippen LogP contribution in [0, 0.1) is 12.8 Å². The van der Waals surface area contributed by atoms with Crippen LogP contribution in [0.15, 0.2) is 18.2 Å². The van der Waals surface area contributed by atoms with Crippen molar-refractivity contribution in [1.29, 1.82) is 0 Å². The maximum atomic E-state index is 6.04. The van der Waals surface area contributed by atoms with Crippen LogP contribution in [0.5, 0.6) is 5.75 Å². The molecule has 1 heterocycles. The van der Waals surface area contributed by atoms with E-state index >= 15 is 0 Å². The highest BCUT2D eigenvalue weighted by Gasteiger charge is 2.15. The fourth-order valence-electron chi connectivity index (χ4n) is 1.79. The summed E-state index contributed by atoms with van der Waals surface area (Å²) in [5.74, 6) is 1.44. The van der Waals surface area contributed by atoms with E-state index in [4.69, 9.17) is 16.3 Å². The average Bonchev–Trinajstić information content (AvgIpc) is 2.72. The number of benzene rings is 1. The largest absolute Gasteiger partial charge is 0.492 e. The Bertz CT molecular complexity index is 338. The first-order valence-corrected chi connectivity index (χ1v) is 5.73. The van der Waals surface area contributed by atoms with E-state index in [2.05, 4.69) is 5.32 Å². The van der Waals surface area contributed by atoms with Gasteiger partial charge in [0.2, 0.25) is 0 Å². The molecule has 0 spiro atoms. The van der Waals surface area contributed by atoms with E-state index < -0.39 is 0 Å². The fourth-order valence-corrected chi connectivity index (χ4v) is 1.96. The van der Waals surface area contributed by atoms with Crippen molar-refractivity contribution in [2.45, 2.75) is 13.3 Å². The van der Waals surface area contributed by atoms with Crippen LogP contribution in [-0.2, 0) is 0 Å². The van der Waals surface area contributed by atoms with Crippen molar-refractivity contribution in [3.8, 4) is 5.75 Å². The average molecular weight is 262 g/mol. The van der Waals surface area contributed by atoms with Gasteiger partial charge in [0.25, 0.3) is 0 Å². The Labute approximate surface area is 108 Å². The van der Waals surface area contributed by atoms with Gasteiger partial charge in [0, 0.05) is 12.5 Å². The number of ether oxygens (including phenoxy) is 1. The first-order chi connectivity index (χ1) is 7.25. The Morgan fingerprint density at radius 3 is 3.00 bits per heavy atom. The van der Waals surface area contributed by atoms with E-state index in [1.165, 1.54) is 12.0 Å². The molecule has 0 aromatic heterocycles. The van der Waals surface area contributed by atoms with E-state index in [-0.39, 0.29) is 12.4 Å². The van der Waals surface area contributed by atoms with Crippen LogP contribution in [0.4, 0.5) is 0 Å². The van der Waals surface area contributed by atoms with Gasteiger partial charge in [-0.1, -0.05) is 17.7 Å². The normalized spacial score (nSPS) is 19.2. The molecule has 1 atom stereocenters. The molecule has 0 aliphatic carbocycles. The minimum absolute atomic E-state index is 0. The van der Waals surface area contributed by atoms with E-state index in [1.54, 1.807) is 0 Å². The van der Waals surface area contributed by atoms with E-state index in [0.717, 1.165) is 25.4 Å². The monoisotopic (exact) mass is 261 g/mol. The maximum Gasteiger partial charge on any atom is 0.138 e. The zero-order chi connectivity index (χ0) is 10.7. The molecule has 0 radical (unpaired) electrons. The molecule has 1 N–H and O–H groups in total. The summed E-state index contributed by atoms with van der Waals surface area (Å²) in [6.45, 7) is 4.97. The van der Waals surface area contributed by atoms with Crippen LogP contribution >= 0.6 is 24.0 Å². The molecule has 1 aromatic carbocycles. The van der Waals surface area contributed by atoms with Crippen LogP contribution < -0.4 is 10.1 Å². The Morgan fingerprint density at radius 1 is 1.50 bits per heavy atom. The summed E-state index contributed by atoms with van der Waals surface area (Å²) in [6, 6.07) is 5.87. The standard InChI is InChI=1S/C12H16ClNO.ClH/c1-9-2-3-11(13)12(6-9)15-8-10-4-5-14-7-10;/h2-3,6,10,14H,4-5,7-8H2,1H3;1H. The fraction of sp³-hybridized carbons (Fsp3) is 0.500. The molecule has 0 amide bonds. The zero-order valence-corrected chi connectivity index (χ0v) is 10.9. The van der Waals surface area contributed by atoms with Gasteiger partial charge in [-0.25, -0.2) is 0 Å². The molecule has 0 saturated carbocycles. The van der Waals surface area contributed by atoms with Crippen LogP contribution in [0.25, 0.3) is 0 Å². The number of hydrogen-bond acceptors (Lipinski definition) is 2. The number of nitrogens with one attached hydrogen (secondary N) is 1. The molecule has 4 heteroatoms. The Kier molecular flexibility index (Phi) is 5.39. The summed E-state index contributed by atoms with van der Waals surface area (Å²) in [4.78, 5) is 0. The summed E-state index contributed by atoms with van der Waals surface area (Å²) < 4.78 is 5.73. The van der Waals surface area contributed by atoms with Gasteiger partial charge in [0.05, 0.1) is 11.6 Å². The zero-order valence-electron chi connectivity index (χ0n) is 9.33. The minimum Gasteiger partial charge on any atom is -0.492 e. The first-order valence-electron chi connectivity index (χ1n) is 5.35. The second kappa shape index (κ2) is 6.33. The van der Waals surface area contributed by atoms with Crippen LogP contribution in [0.3, 0.4) is 0 Å². The first kappa shape index (κ1) is 13.6. The van der Waals surface area contributed by atoms with Crippen molar-refractivity contribution in [1.82, 2.24) is 5.32 Å². The topological polar surface area (TPSA) is 21.3 Å². The lowest BCUT2D eigenvalue weighted by Gasteiger charge is -2.12. The second-order valence-electron chi connectivity index (χ2n) is 4.10. The predicted molar refractivity (Wildman–Crippen MR) is 69.9 cm³/mol. The molecule has 1 aromatic rings. The van der Waals surface area contributed by atoms with Crippen LogP contribution in [0.2, 0.25) is 5.02 Å². The molecule has 1 fully saturated rings. The quantitative estimate of drug-likeness (QED) is 0.903. The molecule has 90 valence electrons. The van der Waals surface area contributed by atoms with Gasteiger partial charge >= 0.3 is 0 Å². The SMILES string of the molecule is Cc1ccc(Cl)c(OCC2CCNC2)c1.Cl. The number of aryl methyl sites for hydroxylation is 1. The summed E-state index contributed by atoms with van der Waals surface area (Å²) in [7, 11) is 0. The molecule has 2 rings (SSSR count). The van der Waals surface area contributed by atoms with Crippen LogP contribution in [-0.4, -0.2) is 19.7 Å². The van der Waals surface area contributed by atoms with Crippen molar-refractivity contribution in [3.05, 3.63) is 28.8 Å². The Hall–Kier alpha value is -0.440. The highest BCUT2D eigenvalue weighted by Crippen LogP contribution is 2.26. The second-order valence-corrected chi connectivity index (χ2v) is 4.51. The van der Waals surface area contributed by atoms with Gasteiger partial charge in [0.1, 0.15) is 5.75 Å². The van der Waals surface area contributed by atoms with Gasteiger partial charge in [0.15, 0.2) is 0 Å². The van der Waals surface area contributed by atoms with Gasteiger partial charge < -0.3 is 10.1 Å². The molecule has 2 nitrogen and oxygen atoms in total. The summed E-state index contributed by atoms with van der Waals surface area (Å²) in [5.41, 5.74) is 1.18. The molecule has 1 aliphatic rings. The van der Waals surface area contributed by atoms with Crippen molar-refractivity contribution >= 4 is 24.0 Å². The summed E-state index contributed by atoms with van der Waals surface area (Å²) in [6.07, 6.45) is 1.20. The summed E-state index contributed by atoms with van der Waals surface area (Å²) >= 11 is 6.04. The van der Waals surface area contributed by atoms with Crippen molar-refractivity contribution < 1.29 is 4.74 Å². The maximum absolute atomic E-state index is 6.04. The lowest BCUT2D eigenvalue weighted by molar-refractivity contribution is 0.260. The minimum atomic E-state index is 0. The number of hydrogen-bond donors (Lipinski definition) is 1. The molecule has 1 saturated heterocycles. The van der Waals surface area contributed by atoms with Crippen molar-refractivity contribution in [2.24, 2.45) is 5.92 Å². The molecule has 0 bridgehead atoms. The van der Waals surface area contributed by atoms with Crippen LogP contribution in [0.1, 0.15) is 12.0 Å². The third-order valence-electron chi connectivity index (χ3n) is 2.72. The highest BCUT2D eigenvalue weighted by molar-refractivity contribution is 6.32. The molecular weight excluding hydrogens is 245 g/mol. The van der Waals surface area contributed by atoms with Gasteiger partial charge in [-0.15, -0.1) is 12.4 Å². The van der Waals surface area contributed by atoms with Gasteiger partial charge in [-0.05, 0) is 37.6 Å². The Balaban J connectivity index is 0.00000128. The van der Waals surface area contributed by atoms with E-state index in [0.29, 0.717) is 10.9 Å². The molecule has 16 heavy (non-hydrogen) atoms. The lowest BCUT2D eigenvalue weighted by Crippen LogP contribution is -2.15. The third kappa shape index (κ3) is 3.55. The van der Waals surface area contributed by atoms with E-state index in [1.807, 2.05) is 25.1 Å². The van der Waals surface area contributed by atoms with Gasteiger partial charge in [-0.2, -0.15) is 0 Å². The Morgan fingerprint density at radius 2 is 2.31 bits per heavy atom. The van der Waals surface area contributed by atoms with E-state index in [9.17, 15) is 0 Å². The predicted octanol–water partition coefficient (Wildman–Crippen LogP) is 3.06. The molecular formula is C12H17Cl2NO. The van der Waals surface area contributed by atoms with Crippen molar-refractivity contribution in [3.63, 3.8) is 0 Å². The third-order valence-corrected chi connectivity index (χ3v) is 3.04. The highest BCUT2D eigenvalue weighted by atomic mass is 35.5. The van der Waals surface area contributed by atoms with Gasteiger partial charge in [-0.3, -0.25) is 0 Å². The smallest absolute Gasteiger partial charge is 0.138 e.